The lowest BCUT2D eigenvalue weighted by Gasteiger charge is -2.11. The molecule has 0 aliphatic rings. The third kappa shape index (κ3) is 2.63. The summed E-state index contributed by atoms with van der Waals surface area (Å²) in [5.74, 6) is 1.60. The second-order valence-corrected chi connectivity index (χ2v) is 3.29. The molecule has 1 aromatic carbocycles. The Balaban J connectivity index is 3.05. The standard InChI is InChI=1S/C12H15NO2/c1-9-7-10(5-4-6-13)12(15-3)8-11(9)14-2/h7-8H,4-5H2,1-3H3. The summed E-state index contributed by atoms with van der Waals surface area (Å²) < 4.78 is 10.5. The lowest BCUT2D eigenvalue weighted by Crippen LogP contribution is -1.96. The summed E-state index contributed by atoms with van der Waals surface area (Å²) in [6.45, 7) is 1.98. The van der Waals surface area contributed by atoms with Crippen LogP contribution < -0.4 is 9.47 Å². The van der Waals surface area contributed by atoms with Gasteiger partial charge in [-0.15, -0.1) is 0 Å². The monoisotopic (exact) mass is 205 g/mol. The number of hydrogen-bond acceptors (Lipinski definition) is 3. The molecule has 0 bridgehead atoms. The number of methoxy groups -OCH3 is 2. The summed E-state index contributed by atoms with van der Waals surface area (Å²) in [7, 11) is 3.26. The molecule has 0 saturated heterocycles. The van der Waals surface area contributed by atoms with E-state index in [1.165, 1.54) is 0 Å². The highest BCUT2D eigenvalue weighted by Gasteiger charge is 2.07. The van der Waals surface area contributed by atoms with Crippen molar-refractivity contribution in [2.75, 3.05) is 14.2 Å². The second kappa shape index (κ2) is 5.26. The van der Waals surface area contributed by atoms with E-state index < -0.39 is 0 Å². The smallest absolute Gasteiger partial charge is 0.125 e. The van der Waals surface area contributed by atoms with Crippen LogP contribution >= 0.6 is 0 Å². The molecular formula is C12H15NO2. The highest BCUT2D eigenvalue weighted by molar-refractivity contribution is 5.46. The van der Waals surface area contributed by atoms with Gasteiger partial charge < -0.3 is 9.47 Å². The minimum Gasteiger partial charge on any atom is -0.496 e. The first-order valence-electron chi connectivity index (χ1n) is 4.81. The molecule has 0 aromatic heterocycles. The average Bonchev–Trinajstić information content (AvgIpc) is 2.26. The maximum Gasteiger partial charge on any atom is 0.125 e. The number of nitrogens with zero attached hydrogens (tertiary/aromatic N) is 1. The molecule has 3 heteroatoms. The Morgan fingerprint density at radius 2 is 1.87 bits per heavy atom. The van der Waals surface area contributed by atoms with Gasteiger partial charge in [-0.2, -0.15) is 5.26 Å². The Morgan fingerprint density at radius 3 is 2.40 bits per heavy atom. The van der Waals surface area contributed by atoms with Crippen molar-refractivity contribution >= 4 is 0 Å². The normalized spacial score (nSPS) is 9.47. The summed E-state index contributed by atoms with van der Waals surface area (Å²) in [6.07, 6.45) is 1.21. The van der Waals surface area contributed by atoms with Gasteiger partial charge in [0, 0.05) is 12.5 Å². The van der Waals surface area contributed by atoms with Crippen LogP contribution in [0, 0.1) is 18.3 Å². The van der Waals surface area contributed by atoms with Crippen molar-refractivity contribution in [2.24, 2.45) is 0 Å². The molecular weight excluding hydrogens is 190 g/mol. The van der Waals surface area contributed by atoms with Crippen LogP contribution in [0.4, 0.5) is 0 Å². The van der Waals surface area contributed by atoms with Gasteiger partial charge in [0.2, 0.25) is 0 Å². The Hall–Kier alpha value is -1.69. The number of aryl methyl sites for hydroxylation is 2. The van der Waals surface area contributed by atoms with Crippen LogP contribution in [0.25, 0.3) is 0 Å². The molecule has 0 aliphatic heterocycles. The van der Waals surface area contributed by atoms with Gasteiger partial charge in [-0.3, -0.25) is 0 Å². The maximum absolute atomic E-state index is 8.55. The van der Waals surface area contributed by atoms with Gasteiger partial charge in [0.25, 0.3) is 0 Å². The molecule has 0 aliphatic carbocycles. The molecule has 0 radical (unpaired) electrons. The predicted molar refractivity (Wildman–Crippen MR) is 58.2 cm³/mol. The quantitative estimate of drug-likeness (QED) is 0.758. The molecule has 0 spiro atoms. The molecule has 0 heterocycles. The zero-order valence-corrected chi connectivity index (χ0v) is 9.33. The molecule has 1 aromatic rings. The highest BCUT2D eigenvalue weighted by atomic mass is 16.5. The first kappa shape index (κ1) is 11.4. The van der Waals surface area contributed by atoms with Crippen molar-refractivity contribution in [1.82, 2.24) is 0 Å². The Bertz CT molecular complexity index is 380. The number of nitriles is 1. The third-order valence-electron chi connectivity index (χ3n) is 2.30. The van der Waals surface area contributed by atoms with Crippen molar-refractivity contribution in [2.45, 2.75) is 19.8 Å². The number of rotatable bonds is 4. The summed E-state index contributed by atoms with van der Waals surface area (Å²) in [5, 5.41) is 8.55. The number of hydrogen-bond donors (Lipinski definition) is 0. The summed E-state index contributed by atoms with van der Waals surface area (Å²) in [5.41, 5.74) is 2.11. The van der Waals surface area contributed by atoms with Gasteiger partial charge in [-0.1, -0.05) is 0 Å². The van der Waals surface area contributed by atoms with E-state index in [1.54, 1.807) is 14.2 Å². The number of ether oxygens (including phenoxy) is 2. The fraction of sp³-hybridized carbons (Fsp3) is 0.417. The van der Waals surface area contributed by atoms with Crippen molar-refractivity contribution in [3.05, 3.63) is 23.3 Å². The van der Waals surface area contributed by atoms with Gasteiger partial charge in [0.05, 0.1) is 20.3 Å². The van der Waals surface area contributed by atoms with E-state index in [4.69, 9.17) is 14.7 Å². The van der Waals surface area contributed by atoms with Gasteiger partial charge in [-0.05, 0) is 30.5 Å². The average molecular weight is 205 g/mol. The van der Waals surface area contributed by atoms with E-state index >= 15 is 0 Å². The second-order valence-electron chi connectivity index (χ2n) is 3.29. The fourth-order valence-electron chi connectivity index (χ4n) is 1.53. The molecule has 0 atom stereocenters. The fourth-order valence-corrected chi connectivity index (χ4v) is 1.53. The summed E-state index contributed by atoms with van der Waals surface area (Å²) in [4.78, 5) is 0. The molecule has 0 saturated carbocycles. The van der Waals surface area contributed by atoms with Crippen LogP contribution in [0.5, 0.6) is 11.5 Å². The van der Waals surface area contributed by atoms with Crippen LogP contribution in [0.2, 0.25) is 0 Å². The predicted octanol–water partition coefficient (Wildman–Crippen LogP) is 2.47. The van der Waals surface area contributed by atoms with Crippen LogP contribution in [0.3, 0.4) is 0 Å². The van der Waals surface area contributed by atoms with Crippen molar-refractivity contribution in [1.29, 1.82) is 5.26 Å². The Morgan fingerprint density at radius 1 is 1.20 bits per heavy atom. The highest BCUT2D eigenvalue weighted by Crippen LogP contribution is 2.29. The van der Waals surface area contributed by atoms with Gasteiger partial charge in [0.1, 0.15) is 11.5 Å². The number of benzene rings is 1. The SMILES string of the molecule is COc1cc(OC)c(CCC#N)cc1C. The minimum absolute atomic E-state index is 0.502. The molecule has 0 N–H and O–H groups in total. The van der Waals surface area contributed by atoms with Gasteiger partial charge in [-0.25, -0.2) is 0 Å². The first-order chi connectivity index (χ1) is 7.22. The first-order valence-corrected chi connectivity index (χ1v) is 4.81. The topological polar surface area (TPSA) is 42.2 Å². The summed E-state index contributed by atoms with van der Waals surface area (Å²) >= 11 is 0. The van der Waals surface area contributed by atoms with Crippen LogP contribution in [0.1, 0.15) is 17.5 Å². The zero-order valence-electron chi connectivity index (χ0n) is 9.33. The van der Waals surface area contributed by atoms with Crippen molar-refractivity contribution < 1.29 is 9.47 Å². The molecule has 0 unspecified atom stereocenters. The Labute approximate surface area is 90.2 Å². The van der Waals surface area contributed by atoms with Gasteiger partial charge in [0.15, 0.2) is 0 Å². The zero-order chi connectivity index (χ0) is 11.3. The minimum atomic E-state index is 0.502. The van der Waals surface area contributed by atoms with Crippen LogP contribution in [0.15, 0.2) is 12.1 Å². The summed E-state index contributed by atoms with van der Waals surface area (Å²) in [6, 6.07) is 6.00. The van der Waals surface area contributed by atoms with Crippen molar-refractivity contribution in [3.63, 3.8) is 0 Å². The molecule has 1 rings (SSSR count). The van der Waals surface area contributed by atoms with E-state index in [9.17, 15) is 0 Å². The largest absolute Gasteiger partial charge is 0.496 e. The van der Waals surface area contributed by atoms with Gasteiger partial charge >= 0.3 is 0 Å². The Kier molecular flexibility index (Phi) is 3.99. The molecule has 3 nitrogen and oxygen atoms in total. The molecule has 15 heavy (non-hydrogen) atoms. The van der Waals surface area contributed by atoms with Crippen molar-refractivity contribution in [3.8, 4) is 17.6 Å². The lowest BCUT2D eigenvalue weighted by atomic mass is 10.1. The molecule has 0 fully saturated rings. The van der Waals surface area contributed by atoms with Crippen LogP contribution in [-0.4, -0.2) is 14.2 Å². The van der Waals surface area contributed by atoms with E-state index in [-0.39, 0.29) is 0 Å². The van der Waals surface area contributed by atoms with E-state index in [1.807, 2.05) is 19.1 Å². The maximum atomic E-state index is 8.55. The van der Waals surface area contributed by atoms with E-state index in [0.717, 1.165) is 22.6 Å². The van der Waals surface area contributed by atoms with Crippen LogP contribution in [-0.2, 0) is 6.42 Å². The lowest BCUT2D eigenvalue weighted by molar-refractivity contribution is 0.389. The molecule has 80 valence electrons. The van der Waals surface area contributed by atoms with E-state index in [2.05, 4.69) is 6.07 Å². The third-order valence-corrected chi connectivity index (χ3v) is 2.30. The molecule has 0 amide bonds. The van der Waals surface area contributed by atoms with E-state index in [0.29, 0.717) is 12.8 Å².